The number of nitrogens with zero attached hydrogens (tertiary/aromatic N) is 3. The van der Waals surface area contributed by atoms with Crippen molar-refractivity contribution in [3.05, 3.63) is 106 Å². The van der Waals surface area contributed by atoms with Crippen LogP contribution in [-0.4, -0.2) is 50.9 Å². The number of amides is 2. The molecule has 4 heterocycles. The Morgan fingerprint density at radius 1 is 0.933 bits per heavy atom. The highest BCUT2D eigenvalue weighted by Crippen LogP contribution is 2.34. The van der Waals surface area contributed by atoms with Crippen LogP contribution in [0.1, 0.15) is 53.8 Å². The minimum absolute atomic E-state index is 0.0512. The Hall–Kier alpha value is -5.02. The number of likely N-dealkylation sites (tertiary alicyclic amines) is 1. The molecule has 5 aromatic rings. The third-order valence-corrected chi connectivity index (χ3v) is 8.96. The Kier molecular flexibility index (Phi) is 7.77. The third-order valence-electron chi connectivity index (χ3n) is 8.96. The van der Waals surface area contributed by atoms with Crippen LogP contribution >= 0.6 is 0 Å². The summed E-state index contributed by atoms with van der Waals surface area (Å²) in [6.45, 7) is 5.01. The van der Waals surface area contributed by atoms with Crippen LogP contribution < -0.4 is 16.3 Å². The van der Waals surface area contributed by atoms with Gasteiger partial charge < -0.3 is 15.6 Å². The predicted octanol–water partition coefficient (Wildman–Crippen LogP) is 5.53. The summed E-state index contributed by atoms with van der Waals surface area (Å²) in [5, 5.41) is 5.84. The number of piperidine rings is 1. The van der Waals surface area contributed by atoms with E-state index in [2.05, 4.69) is 56.9 Å². The monoisotopic (exact) mass is 600 g/mol. The second kappa shape index (κ2) is 12.2. The molecule has 1 fully saturated rings. The van der Waals surface area contributed by atoms with Crippen LogP contribution in [0.25, 0.3) is 33.4 Å². The molecule has 2 aromatic heterocycles. The van der Waals surface area contributed by atoms with Crippen molar-refractivity contribution in [2.24, 2.45) is 0 Å². The first kappa shape index (κ1) is 28.7. The molecule has 2 aliphatic rings. The number of pyridine rings is 1. The molecule has 7 rings (SSSR count). The van der Waals surface area contributed by atoms with E-state index in [1.807, 2.05) is 54.0 Å². The molecule has 0 aliphatic carbocycles. The van der Waals surface area contributed by atoms with E-state index in [9.17, 15) is 14.4 Å². The molecule has 9 nitrogen and oxygen atoms in total. The Morgan fingerprint density at radius 2 is 1.71 bits per heavy atom. The van der Waals surface area contributed by atoms with E-state index in [1.165, 1.54) is 5.56 Å². The summed E-state index contributed by atoms with van der Waals surface area (Å²) in [6, 6.07) is 26.4. The lowest BCUT2D eigenvalue weighted by Crippen LogP contribution is -2.36. The summed E-state index contributed by atoms with van der Waals surface area (Å²) in [4.78, 5) is 47.9. The first-order valence-electron chi connectivity index (χ1n) is 15.7. The molecule has 0 radical (unpaired) electrons. The lowest BCUT2D eigenvalue weighted by molar-refractivity contribution is -0.115. The second-order valence-electron chi connectivity index (χ2n) is 11.9. The number of nitrogens with one attached hydrogen (secondary N) is 3. The van der Waals surface area contributed by atoms with Gasteiger partial charge in [-0.15, -0.1) is 0 Å². The number of carbonyl (C=O) groups excluding carboxylic acids is 2. The van der Waals surface area contributed by atoms with E-state index >= 15 is 0 Å². The van der Waals surface area contributed by atoms with Crippen LogP contribution in [0.5, 0.6) is 0 Å². The maximum atomic E-state index is 12.9. The quantitative estimate of drug-likeness (QED) is 0.228. The predicted molar refractivity (Wildman–Crippen MR) is 176 cm³/mol. The van der Waals surface area contributed by atoms with Crippen LogP contribution in [0.2, 0.25) is 0 Å². The van der Waals surface area contributed by atoms with Gasteiger partial charge in [0.05, 0.1) is 28.0 Å². The van der Waals surface area contributed by atoms with E-state index in [0.29, 0.717) is 24.2 Å². The minimum Gasteiger partial charge on any atom is -0.352 e. The van der Waals surface area contributed by atoms with Crippen LogP contribution in [0.4, 0.5) is 5.69 Å². The zero-order valence-corrected chi connectivity index (χ0v) is 25.3. The van der Waals surface area contributed by atoms with E-state index in [4.69, 9.17) is 4.98 Å². The van der Waals surface area contributed by atoms with Gasteiger partial charge in [0.25, 0.3) is 5.91 Å². The zero-order chi connectivity index (χ0) is 30.9. The van der Waals surface area contributed by atoms with Gasteiger partial charge in [-0.05, 0) is 48.2 Å². The molecule has 0 atom stereocenters. The number of aromatic nitrogens is 3. The lowest BCUT2D eigenvalue weighted by Gasteiger charge is -2.32. The highest BCUT2D eigenvalue weighted by molar-refractivity contribution is 5.99. The fourth-order valence-corrected chi connectivity index (χ4v) is 6.56. The molecule has 9 heteroatoms. The SMILES string of the molecule is CCC(=O)Nc1ccc2[nH]c(=O)n(C3CCN(Cc4ccc(-c5nc6c(cc5-c5ccccc5)C(=O)NCC6)cc4)CC3)c2c1. The van der Waals surface area contributed by atoms with Gasteiger partial charge in [-0.1, -0.05) is 61.5 Å². The van der Waals surface area contributed by atoms with Crippen molar-refractivity contribution in [1.29, 1.82) is 0 Å². The smallest absolute Gasteiger partial charge is 0.326 e. The van der Waals surface area contributed by atoms with Crippen molar-refractivity contribution < 1.29 is 9.59 Å². The van der Waals surface area contributed by atoms with Gasteiger partial charge >= 0.3 is 5.69 Å². The fraction of sp³-hybridized carbons (Fsp3) is 0.278. The summed E-state index contributed by atoms with van der Waals surface area (Å²) >= 11 is 0. The number of rotatable bonds is 7. The van der Waals surface area contributed by atoms with E-state index in [-0.39, 0.29) is 23.5 Å². The zero-order valence-electron chi connectivity index (χ0n) is 25.3. The average molecular weight is 601 g/mol. The van der Waals surface area contributed by atoms with Gasteiger partial charge in [0.1, 0.15) is 0 Å². The van der Waals surface area contributed by atoms with E-state index in [0.717, 1.165) is 78.0 Å². The lowest BCUT2D eigenvalue weighted by atomic mass is 9.94. The molecular formula is C36H36N6O3. The number of carbonyl (C=O) groups is 2. The molecule has 1 saturated heterocycles. The Labute approximate surface area is 261 Å². The largest absolute Gasteiger partial charge is 0.352 e. The summed E-state index contributed by atoms with van der Waals surface area (Å²) in [6.07, 6.45) is 2.85. The number of imidazole rings is 1. The molecule has 0 bridgehead atoms. The van der Waals surface area contributed by atoms with Gasteiger partial charge in [-0.25, -0.2) is 4.79 Å². The molecule has 45 heavy (non-hydrogen) atoms. The molecule has 228 valence electrons. The first-order chi connectivity index (χ1) is 22.0. The fourth-order valence-electron chi connectivity index (χ4n) is 6.56. The van der Waals surface area contributed by atoms with Crippen LogP contribution in [0, 0.1) is 0 Å². The number of benzene rings is 3. The minimum atomic E-state index is -0.107. The van der Waals surface area contributed by atoms with Gasteiger partial charge in [-0.3, -0.25) is 24.0 Å². The number of hydrogen-bond acceptors (Lipinski definition) is 5. The maximum absolute atomic E-state index is 12.9. The van der Waals surface area contributed by atoms with Crippen molar-refractivity contribution in [2.45, 2.75) is 45.2 Å². The second-order valence-corrected chi connectivity index (χ2v) is 11.9. The Balaban J connectivity index is 1.07. The highest BCUT2D eigenvalue weighted by atomic mass is 16.2. The maximum Gasteiger partial charge on any atom is 0.326 e. The van der Waals surface area contributed by atoms with Gasteiger partial charge in [-0.2, -0.15) is 0 Å². The summed E-state index contributed by atoms with van der Waals surface area (Å²) < 4.78 is 1.86. The number of hydrogen-bond donors (Lipinski definition) is 3. The molecule has 0 spiro atoms. The number of anilines is 1. The van der Waals surface area contributed by atoms with Crippen molar-refractivity contribution in [3.8, 4) is 22.4 Å². The Morgan fingerprint density at radius 3 is 2.47 bits per heavy atom. The molecule has 3 aromatic carbocycles. The topological polar surface area (TPSA) is 112 Å². The third kappa shape index (κ3) is 5.79. The van der Waals surface area contributed by atoms with Gasteiger partial charge in [0.15, 0.2) is 0 Å². The number of aromatic amines is 1. The summed E-state index contributed by atoms with van der Waals surface area (Å²) in [5.41, 5.74) is 8.83. The summed E-state index contributed by atoms with van der Waals surface area (Å²) in [7, 11) is 0. The highest BCUT2D eigenvalue weighted by Gasteiger charge is 2.25. The molecule has 2 aliphatic heterocycles. The standard InChI is InChI=1S/C36H36N6O3/c1-2-33(43)38-26-12-13-31-32(20-26)42(36(45)40-31)27-15-18-41(19-16-27)22-23-8-10-25(11-9-23)34-28(24-6-4-3-5-7-24)21-29-30(39-34)14-17-37-35(29)44/h3-13,20-21,27H,2,14-19,22H2,1H3,(H,37,44)(H,38,43)(H,40,45). The average Bonchev–Trinajstić information content (AvgIpc) is 3.40. The summed E-state index contributed by atoms with van der Waals surface area (Å²) in [5.74, 6) is -0.115. The number of H-pyrrole nitrogens is 1. The molecule has 2 amide bonds. The van der Waals surface area contributed by atoms with Gasteiger partial charge in [0, 0.05) is 61.9 Å². The molecule has 0 unspecified atom stereocenters. The first-order valence-corrected chi connectivity index (χ1v) is 15.7. The van der Waals surface area contributed by atoms with Crippen molar-refractivity contribution in [1.82, 2.24) is 24.8 Å². The molecule has 0 saturated carbocycles. The van der Waals surface area contributed by atoms with Crippen LogP contribution in [0.3, 0.4) is 0 Å². The normalized spacial score (nSPS) is 15.5. The van der Waals surface area contributed by atoms with Crippen molar-refractivity contribution in [3.63, 3.8) is 0 Å². The van der Waals surface area contributed by atoms with E-state index in [1.54, 1.807) is 0 Å². The van der Waals surface area contributed by atoms with Gasteiger partial charge in [0.2, 0.25) is 5.91 Å². The van der Waals surface area contributed by atoms with E-state index < -0.39 is 0 Å². The van der Waals surface area contributed by atoms with Crippen LogP contribution in [-0.2, 0) is 17.8 Å². The number of fused-ring (bicyclic) bond motifs is 2. The van der Waals surface area contributed by atoms with Crippen molar-refractivity contribution >= 4 is 28.5 Å². The Bertz CT molecular complexity index is 1940. The molecule has 3 N–H and O–H groups in total. The van der Waals surface area contributed by atoms with Crippen molar-refractivity contribution in [2.75, 3.05) is 25.0 Å². The molecular weight excluding hydrogens is 564 g/mol. The van der Waals surface area contributed by atoms with Crippen LogP contribution in [0.15, 0.2) is 83.7 Å².